The first-order valence-corrected chi connectivity index (χ1v) is 8.26. The number of rotatable bonds is 5. The Morgan fingerprint density at radius 1 is 1.21 bits per heavy atom. The fourth-order valence-electron chi connectivity index (χ4n) is 3.12. The Bertz CT molecular complexity index is 768. The number of carbonyl (C=O) groups is 2. The van der Waals surface area contributed by atoms with Crippen LogP contribution in [0.2, 0.25) is 0 Å². The number of carbonyl (C=O) groups excluding carboxylic acids is 2. The maximum absolute atomic E-state index is 12.4. The first-order chi connectivity index (χ1) is 11.7. The zero-order chi connectivity index (χ0) is 17.1. The van der Waals surface area contributed by atoms with Gasteiger partial charge in [0.1, 0.15) is 5.75 Å². The number of fused-ring (bicyclic) bond motifs is 1. The summed E-state index contributed by atoms with van der Waals surface area (Å²) in [4.78, 5) is 24.6. The van der Waals surface area contributed by atoms with Gasteiger partial charge in [0, 0.05) is 30.5 Å². The monoisotopic (exact) mass is 323 g/mol. The molecule has 0 unspecified atom stereocenters. The van der Waals surface area contributed by atoms with Gasteiger partial charge in [-0.05, 0) is 24.1 Å². The lowest BCUT2D eigenvalue weighted by Crippen LogP contribution is -2.19. The summed E-state index contributed by atoms with van der Waals surface area (Å²) in [6.07, 6.45) is 1.26. The number of Topliss-reactive ketones (excluding diaryl/α,β-unsaturated/α-hetero) is 1. The number of ketones is 1. The average molecular weight is 323 g/mol. The maximum atomic E-state index is 12.4. The fraction of sp³-hybridized carbons (Fsp3) is 0.300. The number of hydrogen-bond acceptors (Lipinski definition) is 3. The first-order valence-electron chi connectivity index (χ1n) is 8.26. The number of ether oxygens (including phenoxy) is 1. The minimum atomic E-state index is -0.230. The highest BCUT2D eigenvalue weighted by Gasteiger charge is 2.31. The predicted molar refractivity (Wildman–Crippen MR) is 92.9 cm³/mol. The number of amides is 1. The molecule has 24 heavy (non-hydrogen) atoms. The van der Waals surface area contributed by atoms with Crippen LogP contribution in [0.25, 0.3) is 0 Å². The molecule has 0 saturated heterocycles. The van der Waals surface area contributed by atoms with Gasteiger partial charge in [-0.25, -0.2) is 0 Å². The molecule has 0 spiro atoms. The normalized spacial score (nSPS) is 15.5. The van der Waals surface area contributed by atoms with Crippen LogP contribution in [0.1, 0.15) is 57.5 Å². The van der Waals surface area contributed by atoms with E-state index < -0.39 is 0 Å². The van der Waals surface area contributed by atoms with Crippen molar-refractivity contribution in [1.82, 2.24) is 5.32 Å². The van der Waals surface area contributed by atoms with E-state index in [-0.39, 0.29) is 17.6 Å². The van der Waals surface area contributed by atoms with Crippen molar-refractivity contribution in [3.05, 3.63) is 64.7 Å². The van der Waals surface area contributed by atoms with Gasteiger partial charge >= 0.3 is 0 Å². The zero-order valence-electron chi connectivity index (χ0n) is 14.0. The molecule has 1 heterocycles. The SMILES string of the molecule is CCCC(=O)c1cc(C(=O)NC)c2c(c1)[C@H](c1ccccc1)CO2. The lowest BCUT2D eigenvalue weighted by atomic mass is 9.89. The molecule has 3 rings (SSSR count). The van der Waals surface area contributed by atoms with E-state index in [1.54, 1.807) is 13.1 Å². The molecule has 4 nitrogen and oxygen atoms in total. The zero-order valence-corrected chi connectivity index (χ0v) is 14.0. The van der Waals surface area contributed by atoms with E-state index in [0.717, 1.165) is 17.5 Å². The summed E-state index contributed by atoms with van der Waals surface area (Å²) in [5.74, 6) is 0.463. The van der Waals surface area contributed by atoms with Crippen LogP contribution in [0.15, 0.2) is 42.5 Å². The smallest absolute Gasteiger partial charge is 0.254 e. The third kappa shape index (κ3) is 2.92. The van der Waals surface area contributed by atoms with Gasteiger partial charge in [-0.15, -0.1) is 0 Å². The van der Waals surface area contributed by atoms with Crippen LogP contribution < -0.4 is 10.1 Å². The molecule has 124 valence electrons. The quantitative estimate of drug-likeness (QED) is 0.856. The molecule has 4 heteroatoms. The lowest BCUT2D eigenvalue weighted by Gasteiger charge is -2.12. The summed E-state index contributed by atoms with van der Waals surface area (Å²) in [5, 5.41) is 2.63. The maximum Gasteiger partial charge on any atom is 0.254 e. The summed E-state index contributed by atoms with van der Waals surface area (Å²) >= 11 is 0. The highest BCUT2D eigenvalue weighted by molar-refractivity contribution is 6.03. The summed E-state index contributed by atoms with van der Waals surface area (Å²) < 4.78 is 5.84. The Morgan fingerprint density at radius 3 is 2.62 bits per heavy atom. The summed E-state index contributed by atoms with van der Waals surface area (Å²) in [5.41, 5.74) is 3.06. The Morgan fingerprint density at radius 2 is 1.96 bits per heavy atom. The van der Waals surface area contributed by atoms with E-state index >= 15 is 0 Å². The Labute approximate surface area is 141 Å². The fourth-order valence-corrected chi connectivity index (χ4v) is 3.12. The van der Waals surface area contributed by atoms with E-state index in [9.17, 15) is 9.59 Å². The van der Waals surface area contributed by atoms with Crippen molar-refractivity contribution < 1.29 is 14.3 Å². The largest absolute Gasteiger partial charge is 0.491 e. The lowest BCUT2D eigenvalue weighted by molar-refractivity contribution is 0.0960. The first kappa shape index (κ1) is 16.2. The predicted octanol–water partition coefficient (Wildman–Crippen LogP) is 3.55. The van der Waals surface area contributed by atoms with Crippen molar-refractivity contribution in [3.8, 4) is 5.75 Å². The molecule has 0 radical (unpaired) electrons. The molecule has 1 amide bonds. The highest BCUT2D eigenvalue weighted by Crippen LogP contribution is 2.41. The molecular weight excluding hydrogens is 302 g/mol. The Hall–Kier alpha value is -2.62. The molecule has 0 bridgehead atoms. The van der Waals surface area contributed by atoms with Gasteiger partial charge in [-0.1, -0.05) is 37.3 Å². The van der Waals surface area contributed by atoms with Crippen molar-refractivity contribution in [3.63, 3.8) is 0 Å². The topological polar surface area (TPSA) is 55.4 Å². The molecule has 1 aliphatic rings. The van der Waals surface area contributed by atoms with Gasteiger partial charge in [0.15, 0.2) is 5.78 Å². The molecule has 0 fully saturated rings. The molecule has 2 aromatic rings. The van der Waals surface area contributed by atoms with E-state index in [0.29, 0.717) is 29.9 Å². The summed E-state index contributed by atoms with van der Waals surface area (Å²) in [6, 6.07) is 13.6. The molecule has 1 N–H and O–H groups in total. The summed E-state index contributed by atoms with van der Waals surface area (Å²) in [6.45, 7) is 2.45. The second-order valence-corrected chi connectivity index (χ2v) is 5.97. The van der Waals surface area contributed by atoms with E-state index in [2.05, 4.69) is 5.32 Å². The molecule has 2 aromatic carbocycles. The van der Waals surface area contributed by atoms with E-state index in [1.807, 2.05) is 43.3 Å². The van der Waals surface area contributed by atoms with E-state index in [1.165, 1.54) is 0 Å². The minimum Gasteiger partial charge on any atom is -0.491 e. The number of benzene rings is 2. The molecule has 0 aliphatic carbocycles. The molecule has 1 atom stereocenters. The third-order valence-corrected chi connectivity index (χ3v) is 4.36. The van der Waals surface area contributed by atoms with Gasteiger partial charge < -0.3 is 10.1 Å². The third-order valence-electron chi connectivity index (χ3n) is 4.36. The van der Waals surface area contributed by atoms with Crippen LogP contribution in [0.4, 0.5) is 0 Å². The Balaban J connectivity index is 2.11. The van der Waals surface area contributed by atoms with Crippen LogP contribution in [0, 0.1) is 0 Å². The van der Waals surface area contributed by atoms with Crippen molar-refractivity contribution in [1.29, 1.82) is 0 Å². The second kappa shape index (κ2) is 6.87. The van der Waals surface area contributed by atoms with Crippen LogP contribution >= 0.6 is 0 Å². The van der Waals surface area contributed by atoms with Gasteiger partial charge in [0.2, 0.25) is 0 Å². The number of nitrogens with one attached hydrogen (secondary N) is 1. The summed E-state index contributed by atoms with van der Waals surface area (Å²) in [7, 11) is 1.58. The van der Waals surface area contributed by atoms with Crippen molar-refractivity contribution >= 4 is 11.7 Å². The van der Waals surface area contributed by atoms with Crippen LogP contribution in [-0.4, -0.2) is 25.3 Å². The molecular formula is C20H21NO3. The van der Waals surface area contributed by atoms with Crippen LogP contribution in [0.5, 0.6) is 5.75 Å². The standard InChI is InChI=1S/C20H21NO3/c1-3-7-18(22)14-10-15-17(13-8-5-4-6-9-13)12-24-19(15)16(11-14)20(23)21-2/h4-6,8-11,17H,3,7,12H2,1-2H3,(H,21,23)/t17-/m0/s1. The highest BCUT2D eigenvalue weighted by atomic mass is 16.5. The molecule has 0 aromatic heterocycles. The van der Waals surface area contributed by atoms with E-state index in [4.69, 9.17) is 4.74 Å². The van der Waals surface area contributed by atoms with Crippen LogP contribution in [0.3, 0.4) is 0 Å². The van der Waals surface area contributed by atoms with Crippen molar-refractivity contribution in [2.75, 3.05) is 13.7 Å². The van der Waals surface area contributed by atoms with Crippen LogP contribution in [-0.2, 0) is 0 Å². The number of hydrogen-bond donors (Lipinski definition) is 1. The van der Waals surface area contributed by atoms with Crippen molar-refractivity contribution in [2.45, 2.75) is 25.7 Å². The minimum absolute atomic E-state index is 0.0407. The van der Waals surface area contributed by atoms with Gasteiger partial charge in [0.25, 0.3) is 5.91 Å². The second-order valence-electron chi connectivity index (χ2n) is 5.97. The average Bonchev–Trinajstić information content (AvgIpc) is 3.05. The van der Waals surface area contributed by atoms with Gasteiger partial charge in [-0.3, -0.25) is 9.59 Å². The van der Waals surface area contributed by atoms with Crippen molar-refractivity contribution in [2.24, 2.45) is 0 Å². The van der Waals surface area contributed by atoms with Gasteiger partial charge in [-0.2, -0.15) is 0 Å². The van der Waals surface area contributed by atoms with Gasteiger partial charge in [0.05, 0.1) is 12.2 Å². The molecule has 0 saturated carbocycles. The molecule has 1 aliphatic heterocycles. The Kier molecular flexibility index (Phi) is 4.65.